The molecule has 0 aliphatic rings. The molecule has 155 valence electrons. The Kier molecular flexibility index (Phi) is 12.3. The van der Waals surface area contributed by atoms with Crippen molar-refractivity contribution in [3.05, 3.63) is 95.0 Å². The third-order valence-corrected chi connectivity index (χ3v) is 5.22. The van der Waals surface area contributed by atoms with Gasteiger partial charge in [-0.15, -0.1) is 0 Å². The first-order valence-electron chi connectivity index (χ1n) is 8.03. The van der Waals surface area contributed by atoms with Crippen LogP contribution in [0.2, 0.25) is 0 Å². The van der Waals surface area contributed by atoms with Crippen LogP contribution in [0.3, 0.4) is 0 Å². The number of nitrogens with one attached hydrogen (secondary N) is 2. The van der Waals surface area contributed by atoms with Crippen molar-refractivity contribution in [3.63, 3.8) is 0 Å². The SMILES string of the molecule is O=C(NSc1ccccc1)NSc1ccccc1.O=C(O)c1ccc(Br)cc1.[Cu]. The largest absolute Gasteiger partial charge is 0.478 e. The molecule has 0 aromatic heterocycles. The van der Waals surface area contributed by atoms with Gasteiger partial charge >= 0.3 is 12.0 Å². The minimum Gasteiger partial charge on any atom is -0.478 e. The van der Waals surface area contributed by atoms with Crippen molar-refractivity contribution in [2.45, 2.75) is 9.79 Å². The molecular weight excluding hydrogens is 524 g/mol. The molecule has 0 bridgehead atoms. The van der Waals surface area contributed by atoms with Gasteiger partial charge in [-0.3, -0.25) is 9.44 Å². The van der Waals surface area contributed by atoms with Crippen LogP contribution in [0.1, 0.15) is 10.4 Å². The molecule has 0 aliphatic carbocycles. The van der Waals surface area contributed by atoms with E-state index in [1.165, 1.54) is 23.9 Å². The van der Waals surface area contributed by atoms with Gasteiger partial charge in [0.15, 0.2) is 0 Å². The number of amides is 2. The maximum atomic E-state index is 11.5. The Morgan fingerprint density at radius 1 is 0.724 bits per heavy atom. The molecule has 2 amide bonds. The summed E-state index contributed by atoms with van der Waals surface area (Å²) in [5, 5.41) is 8.46. The normalized spacial score (nSPS) is 9.28. The van der Waals surface area contributed by atoms with Crippen LogP contribution >= 0.6 is 39.8 Å². The van der Waals surface area contributed by atoms with Crippen LogP contribution in [-0.4, -0.2) is 17.1 Å². The Morgan fingerprint density at radius 2 is 1.14 bits per heavy atom. The van der Waals surface area contributed by atoms with E-state index in [1.807, 2.05) is 60.7 Å². The Morgan fingerprint density at radius 3 is 1.52 bits per heavy atom. The molecule has 3 N–H and O–H groups in total. The van der Waals surface area contributed by atoms with Crippen molar-refractivity contribution in [1.82, 2.24) is 9.44 Å². The number of rotatable bonds is 5. The predicted molar refractivity (Wildman–Crippen MR) is 117 cm³/mol. The number of aromatic carboxylic acids is 1. The van der Waals surface area contributed by atoms with E-state index in [0.29, 0.717) is 5.56 Å². The van der Waals surface area contributed by atoms with Gasteiger partial charge in [0.05, 0.1) is 5.56 Å². The minimum atomic E-state index is -0.896. The zero-order chi connectivity index (χ0) is 20.2. The van der Waals surface area contributed by atoms with E-state index in [-0.39, 0.29) is 23.1 Å². The second kappa shape index (κ2) is 14.1. The van der Waals surface area contributed by atoms with E-state index < -0.39 is 5.97 Å². The first-order chi connectivity index (χ1) is 13.5. The van der Waals surface area contributed by atoms with Crippen molar-refractivity contribution < 1.29 is 31.8 Å². The fraction of sp³-hybridized carbons (Fsp3) is 0. The molecule has 0 spiro atoms. The standard InChI is InChI=1S/C13H12N2OS2.C7H5BrO2.Cu/c16-13(14-17-11-7-3-1-4-8-11)15-18-12-9-5-2-6-10-12;8-6-3-1-5(2-4-6)7(9)10;/h1-10H,(H2,14,15,16);1-4H,(H,9,10);. The molecule has 0 atom stereocenters. The van der Waals surface area contributed by atoms with Gasteiger partial charge in [0.1, 0.15) is 0 Å². The van der Waals surface area contributed by atoms with Crippen molar-refractivity contribution in [2.24, 2.45) is 0 Å². The fourth-order valence-electron chi connectivity index (χ4n) is 1.80. The molecule has 29 heavy (non-hydrogen) atoms. The van der Waals surface area contributed by atoms with Gasteiger partial charge in [0, 0.05) is 31.3 Å². The van der Waals surface area contributed by atoms with Crippen LogP contribution in [0.5, 0.6) is 0 Å². The number of urea groups is 1. The summed E-state index contributed by atoms with van der Waals surface area (Å²) >= 11 is 5.78. The van der Waals surface area contributed by atoms with Crippen LogP contribution in [0, 0.1) is 0 Å². The third-order valence-electron chi connectivity index (χ3n) is 3.10. The molecule has 9 heteroatoms. The summed E-state index contributed by atoms with van der Waals surface area (Å²) in [6, 6.07) is 25.6. The van der Waals surface area contributed by atoms with Crippen LogP contribution in [0.25, 0.3) is 0 Å². The van der Waals surface area contributed by atoms with Gasteiger partial charge in [-0.05, 0) is 72.4 Å². The summed E-state index contributed by atoms with van der Waals surface area (Å²) in [6.07, 6.45) is 0. The summed E-state index contributed by atoms with van der Waals surface area (Å²) in [5.41, 5.74) is 0.309. The topological polar surface area (TPSA) is 78.4 Å². The molecule has 3 aromatic carbocycles. The van der Waals surface area contributed by atoms with Crippen LogP contribution in [-0.2, 0) is 17.1 Å². The van der Waals surface area contributed by atoms with Gasteiger partial charge in [-0.1, -0.05) is 52.3 Å². The molecule has 0 heterocycles. The van der Waals surface area contributed by atoms with Crippen molar-refractivity contribution in [2.75, 3.05) is 0 Å². The smallest absolute Gasteiger partial charge is 0.335 e. The fourth-order valence-corrected chi connectivity index (χ4v) is 3.24. The number of hydrogen-bond acceptors (Lipinski definition) is 4. The van der Waals surface area contributed by atoms with Crippen LogP contribution in [0.4, 0.5) is 4.79 Å². The molecule has 5 nitrogen and oxygen atoms in total. The Labute approximate surface area is 196 Å². The van der Waals surface area contributed by atoms with E-state index in [4.69, 9.17) is 5.11 Å². The van der Waals surface area contributed by atoms with Gasteiger partial charge in [0.2, 0.25) is 0 Å². The second-order valence-electron chi connectivity index (χ2n) is 5.18. The third kappa shape index (κ3) is 10.4. The summed E-state index contributed by atoms with van der Waals surface area (Å²) in [6.45, 7) is 0. The van der Waals surface area contributed by atoms with Crippen LogP contribution in [0.15, 0.2) is 99.2 Å². The number of carbonyl (C=O) groups excluding carboxylic acids is 1. The predicted octanol–water partition coefficient (Wildman–Crippen LogP) is 5.85. The van der Waals surface area contributed by atoms with Crippen molar-refractivity contribution in [3.8, 4) is 0 Å². The number of carbonyl (C=O) groups is 2. The number of carboxylic acid groups (broad SMARTS) is 1. The van der Waals surface area contributed by atoms with E-state index in [2.05, 4.69) is 25.4 Å². The van der Waals surface area contributed by atoms with Crippen molar-refractivity contribution in [1.29, 1.82) is 0 Å². The first-order valence-corrected chi connectivity index (χ1v) is 10.5. The molecule has 3 rings (SSSR count). The van der Waals surface area contributed by atoms with Gasteiger partial charge < -0.3 is 5.11 Å². The summed E-state index contributed by atoms with van der Waals surface area (Å²) < 4.78 is 6.32. The molecule has 0 saturated carbocycles. The number of carboxylic acids is 1. The van der Waals surface area contributed by atoms with E-state index in [0.717, 1.165) is 14.3 Å². The Hall–Kier alpha value is -1.90. The monoisotopic (exact) mass is 539 g/mol. The summed E-state index contributed by atoms with van der Waals surface area (Å²) in [7, 11) is 0. The minimum absolute atomic E-state index is 0. The average molecular weight is 541 g/mol. The Balaban J connectivity index is 0.000000327. The maximum Gasteiger partial charge on any atom is 0.335 e. The van der Waals surface area contributed by atoms with Gasteiger partial charge in [-0.25, -0.2) is 9.59 Å². The molecule has 1 radical (unpaired) electrons. The van der Waals surface area contributed by atoms with Crippen molar-refractivity contribution >= 4 is 51.8 Å². The van der Waals surface area contributed by atoms with E-state index in [9.17, 15) is 9.59 Å². The zero-order valence-electron chi connectivity index (χ0n) is 14.8. The average Bonchev–Trinajstić information content (AvgIpc) is 2.73. The maximum absolute atomic E-state index is 11.5. The van der Waals surface area contributed by atoms with E-state index >= 15 is 0 Å². The molecule has 0 saturated heterocycles. The van der Waals surface area contributed by atoms with Gasteiger partial charge in [-0.2, -0.15) is 0 Å². The number of hydrogen-bond donors (Lipinski definition) is 3. The molecule has 0 unspecified atom stereocenters. The second-order valence-corrected chi connectivity index (χ2v) is 7.85. The summed E-state index contributed by atoms with van der Waals surface area (Å²) in [4.78, 5) is 23.8. The van der Waals surface area contributed by atoms with Gasteiger partial charge in [0.25, 0.3) is 0 Å². The molecular formula is C20H17BrCuN2O3S2. The molecule has 0 aliphatic heterocycles. The van der Waals surface area contributed by atoms with E-state index in [1.54, 1.807) is 24.3 Å². The quantitative estimate of drug-likeness (QED) is 0.280. The number of halogens is 1. The zero-order valence-corrected chi connectivity index (χ0v) is 19.0. The Bertz CT molecular complexity index is 840. The molecule has 3 aromatic rings. The summed E-state index contributed by atoms with van der Waals surface area (Å²) in [5.74, 6) is -0.896. The molecule has 0 fully saturated rings. The number of benzene rings is 3. The first kappa shape index (κ1) is 25.1. The van der Waals surface area contributed by atoms with Crippen LogP contribution < -0.4 is 9.44 Å².